The van der Waals surface area contributed by atoms with Crippen LogP contribution in [0.4, 0.5) is 0 Å². The fourth-order valence-electron chi connectivity index (χ4n) is 10.9. The second-order valence-corrected chi connectivity index (χ2v) is 31.8. The standard InChI is InChI=1S/C62H80O10P2/c1-55(2,3)34-24-27-37(40(30-34)58(10,11)12)43-44(38-28-25-35(56(4,5)6)31-41(38)59(13,14)15)51-46-45(39-29-26-36(57(7,8)9)32-42(39)60(16,17)18)50(43)66-71-74(64,72-67-51)69-53-48-47(46)52-54(49(53)61(19,20)21)70-73(63,68-52)65-33-62(48,22)23/h24-32H,33H2,1-23H3. The Bertz CT molecular complexity index is 3270. The minimum Gasteiger partial charge on any atom is -0.399 e. The smallest absolute Gasteiger partial charge is 0.399 e. The molecule has 5 aliphatic heterocycles. The molecular formula is C62H80O10P2. The van der Waals surface area contributed by atoms with Crippen LogP contribution in [0.25, 0.3) is 44.5 Å². The molecule has 5 aliphatic rings. The van der Waals surface area contributed by atoms with Crippen molar-refractivity contribution in [2.75, 3.05) is 6.61 Å². The molecule has 12 heteroatoms. The lowest BCUT2D eigenvalue weighted by molar-refractivity contribution is -0.182. The van der Waals surface area contributed by atoms with E-state index in [0.29, 0.717) is 38.9 Å². The van der Waals surface area contributed by atoms with E-state index in [1.54, 1.807) is 0 Å². The molecule has 0 aromatic heterocycles. The maximum absolute atomic E-state index is 16.0. The Morgan fingerprint density at radius 1 is 0.392 bits per heavy atom. The van der Waals surface area contributed by atoms with Crippen molar-refractivity contribution in [3.8, 4) is 73.3 Å². The lowest BCUT2D eigenvalue weighted by Crippen LogP contribution is -2.28. The van der Waals surface area contributed by atoms with Crippen LogP contribution in [0.3, 0.4) is 0 Å². The average molecular weight is 1050 g/mol. The Balaban J connectivity index is 1.68. The molecule has 9 bridgehead atoms. The second kappa shape index (κ2) is 16.7. The van der Waals surface area contributed by atoms with Gasteiger partial charge in [-0.3, -0.25) is 4.52 Å². The third-order valence-electron chi connectivity index (χ3n) is 15.0. The van der Waals surface area contributed by atoms with Gasteiger partial charge in [-0.25, -0.2) is 9.13 Å². The molecule has 2 atom stereocenters. The van der Waals surface area contributed by atoms with Crippen LogP contribution in [0, 0.1) is 0 Å². The van der Waals surface area contributed by atoms with Crippen molar-refractivity contribution in [1.82, 2.24) is 0 Å². The highest BCUT2D eigenvalue weighted by Crippen LogP contribution is 2.74. The molecule has 0 spiro atoms. The molecule has 10 nitrogen and oxygen atoms in total. The normalized spacial score (nSPS) is 20.5. The van der Waals surface area contributed by atoms with E-state index in [0.717, 1.165) is 50.1 Å². The third kappa shape index (κ3) is 9.14. The summed E-state index contributed by atoms with van der Waals surface area (Å²) in [6.45, 7) is 49.7. The van der Waals surface area contributed by atoms with Gasteiger partial charge >= 0.3 is 15.6 Å². The minimum absolute atomic E-state index is 0.120. The predicted molar refractivity (Wildman–Crippen MR) is 299 cm³/mol. The van der Waals surface area contributed by atoms with Gasteiger partial charge in [0.15, 0.2) is 23.0 Å². The largest absolute Gasteiger partial charge is 0.604 e. The van der Waals surface area contributed by atoms with Crippen molar-refractivity contribution in [3.63, 3.8) is 0 Å². The molecule has 5 aromatic carbocycles. The first-order valence-electron chi connectivity index (χ1n) is 26.2. The van der Waals surface area contributed by atoms with Crippen LogP contribution in [0.15, 0.2) is 54.6 Å². The number of benzene rings is 5. The number of rotatable bonds is 3. The van der Waals surface area contributed by atoms with Gasteiger partial charge < -0.3 is 23.3 Å². The van der Waals surface area contributed by atoms with Crippen LogP contribution < -0.4 is 23.3 Å². The molecule has 0 aliphatic carbocycles. The number of hydrogen-bond acceptors (Lipinski definition) is 10. The van der Waals surface area contributed by atoms with Crippen molar-refractivity contribution in [2.24, 2.45) is 0 Å². The fraction of sp³-hybridized carbons (Fsp3) is 0.516. The average Bonchev–Trinajstić information content (AvgIpc) is 3.66. The van der Waals surface area contributed by atoms with Crippen molar-refractivity contribution >= 4 is 15.6 Å². The van der Waals surface area contributed by atoms with E-state index in [2.05, 4.69) is 179 Å². The third-order valence-corrected chi connectivity index (χ3v) is 17.1. The first kappa shape index (κ1) is 54.2. The van der Waals surface area contributed by atoms with Gasteiger partial charge in [-0.1, -0.05) is 223 Å². The molecule has 10 rings (SSSR count). The van der Waals surface area contributed by atoms with Crippen LogP contribution in [0.2, 0.25) is 0 Å². The SMILES string of the molecule is CC(C)(C)c1ccc(-c2c3c(-c4ccc(C(C)(C)C)cc4C(C)(C)C)c4c(c2-c2ccc(C(C)(C)C)cc2C(C)(C)C)OOP(=O)(OO3)Oc2c(C(C)(C)C)c3c5c-4c2C(C)(C)COP(=O)(O5)O3)c(C(C)(C)C)c1. The summed E-state index contributed by atoms with van der Waals surface area (Å²) >= 11 is 0. The zero-order chi connectivity index (χ0) is 54.9. The highest BCUT2D eigenvalue weighted by molar-refractivity contribution is 7.49. The number of phosphoric acid groups is 2. The first-order chi connectivity index (χ1) is 33.6. The zero-order valence-electron chi connectivity index (χ0n) is 48.4. The lowest BCUT2D eigenvalue weighted by Gasteiger charge is -2.36. The Morgan fingerprint density at radius 3 is 1.11 bits per heavy atom. The topological polar surface area (TPSA) is 108 Å². The van der Waals surface area contributed by atoms with Crippen molar-refractivity contribution in [2.45, 2.75) is 203 Å². The quantitative estimate of drug-likeness (QED) is 0.128. The second-order valence-electron chi connectivity index (χ2n) is 28.9. The molecule has 74 heavy (non-hydrogen) atoms. The van der Waals surface area contributed by atoms with Gasteiger partial charge in [0.1, 0.15) is 5.75 Å². The Morgan fingerprint density at radius 2 is 0.743 bits per heavy atom. The number of hydrogen-bond donors (Lipinski definition) is 0. The number of fused-ring (bicyclic) bond motifs is 3. The summed E-state index contributed by atoms with van der Waals surface area (Å²) in [5.74, 6) is 0.973. The van der Waals surface area contributed by atoms with Gasteiger partial charge in [-0.15, -0.1) is 0 Å². The predicted octanol–water partition coefficient (Wildman–Crippen LogP) is 18.8. The van der Waals surface area contributed by atoms with E-state index in [4.69, 9.17) is 37.2 Å². The van der Waals surface area contributed by atoms with Crippen LogP contribution in [0.1, 0.15) is 204 Å². The van der Waals surface area contributed by atoms with Crippen molar-refractivity contribution < 1.29 is 46.3 Å². The van der Waals surface area contributed by atoms with Crippen LogP contribution >= 0.6 is 15.6 Å². The lowest BCUT2D eigenvalue weighted by atomic mass is 9.69. The van der Waals surface area contributed by atoms with Crippen LogP contribution in [0.5, 0.6) is 28.7 Å². The van der Waals surface area contributed by atoms with E-state index >= 15 is 9.13 Å². The highest BCUT2D eigenvalue weighted by atomic mass is 31.2. The summed E-state index contributed by atoms with van der Waals surface area (Å²) in [7, 11) is -9.33. The monoisotopic (exact) mass is 1050 g/mol. The molecule has 0 amide bonds. The summed E-state index contributed by atoms with van der Waals surface area (Å²) in [4.78, 5) is 14.0. The van der Waals surface area contributed by atoms with Crippen molar-refractivity contribution in [1.29, 1.82) is 0 Å². The number of phosphoric ester groups is 1. The molecule has 2 unspecified atom stereocenters. The van der Waals surface area contributed by atoms with Gasteiger partial charge in [-0.2, -0.15) is 0 Å². The van der Waals surface area contributed by atoms with E-state index in [-0.39, 0.29) is 51.6 Å². The molecular weight excluding hydrogens is 967 g/mol. The van der Waals surface area contributed by atoms with E-state index in [1.165, 1.54) is 0 Å². The summed E-state index contributed by atoms with van der Waals surface area (Å²) in [6, 6.07) is 19.9. The Hall–Kier alpha value is -4.56. The van der Waals surface area contributed by atoms with E-state index in [1.807, 2.05) is 34.6 Å². The molecule has 398 valence electrons. The molecule has 0 saturated heterocycles. The molecule has 0 N–H and O–H groups in total. The van der Waals surface area contributed by atoms with Gasteiger partial charge in [0, 0.05) is 44.4 Å². The first-order valence-corrected chi connectivity index (χ1v) is 29.1. The van der Waals surface area contributed by atoms with E-state index in [9.17, 15) is 0 Å². The molecule has 0 saturated carbocycles. The Kier molecular flexibility index (Phi) is 12.3. The fourth-order valence-corrected chi connectivity index (χ4v) is 13.1. The molecule has 0 radical (unpaired) electrons. The maximum Gasteiger partial charge on any atom is 0.604 e. The summed E-state index contributed by atoms with van der Waals surface area (Å²) in [5.41, 5.74) is 8.98. The van der Waals surface area contributed by atoms with Crippen molar-refractivity contribution in [3.05, 3.63) is 99.1 Å². The molecule has 0 fully saturated rings. The molecule has 5 heterocycles. The van der Waals surface area contributed by atoms with Gasteiger partial charge in [0.2, 0.25) is 0 Å². The minimum atomic E-state index is -5.00. The summed E-state index contributed by atoms with van der Waals surface area (Å²) in [5, 5.41) is 0. The zero-order valence-corrected chi connectivity index (χ0v) is 50.2. The Labute approximate surface area is 441 Å². The van der Waals surface area contributed by atoms with Gasteiger partial charge in [-0.05, 0) is 88.0 Å². The van der Waals surface area contributed by atoms with Crippen LogP contribution in [-0.4, -0.2) is 6.61 Å². The van der Waals surface area contributed by atoms with Gasteiger partial charge in [0.25, 0.3) is 0 Å². The summed E-state index contributed by atoms with van der Waals surface area (Å²) in [6.07, 6.45) is 0. The highest BCUT2D eigenvalue weighted by Gasteiger charge is 2.56. The maximum atomic E-state index is 16.0. The van der Waals surface area contributed by atoms with Crippen LogP contribution in [-0.2, 0) is 66.3 Å². The van der Waals surface area contributed by atoms with Gasteiger partial charge in [0.05, 0.1) is 6.61 Å². The summed E-state index contributed by atoms with van der Waals surface area (Å²) < 4.78 is 70.0. The molecule has 5 aromatic rings. The van der Waals surface area contributed by atoms with E-state index < -0.39 is 42.7 Å².